The third-order valence-electron chi connectivity index (χ3n) is 2.41. The van der Waals surface area contributed by atoms with Crippen LogP contribution in [0.3, 0.4) is 0 Å². The van der Waals surface area contributed by atoms with Gasteiger partial charge in [0.1, 0.15) is 0 Å². The average Bonchev–Trinajstić information content (AvgIpc) is 2.12. The van der Waals surface area contributed by atoms with Gasteiger partial charge in [0, 0.05) is 0 Å². The van der Waals surface area contributed by atoms with Crippen LogP contribution in [-0.4, -0.2) is 14.7 Å². The van der Waals surface area contributed by atoms with E-state index in [2.05, 4.69) is 65.8 Å². The largest absolute Gasteiger partial charge is 1.00 e. The number of hydrogen-bond acceptors (Lipinski definition) is 1. The van der Waals surface area contributed by atoms with Crippen LogP contribution in [-0.2, 0) is 15.4 Å². The molecule has 0 radical (unpaired) electrons. The zero-order valence-corrected chi connectivity index (χ0v) is 16.3. The number of benzene rings is 1. The minimum absolute atomic E-state index is 0. The van der Waals surface area contributed by atoms with E-state index in [9.17, 15) is 0 Å². The van der Waals surface area contributed by atoms with Crippen molar-refractivity contribution in [3.63, 3.8) is 0 Å². The Morgan fingerprint density at radius 3 is 1.35 bits per heavy atom. The fraction of sp³-hybridized carbons (Fsp3) is 0.571. The summed E-state index contributed by atoms with van der Waals surface area (Å²) in [6.07, 6.45) is 0. The molecule has 20 heavy (non-hydrogen) atoms. The number of hydrogen-bond donors (Lipinski definition) is 3. The van der Waals surface area contributed by atoms with Gasteiger partial charge in [-0.1, -0.05) is 41.5 Å². The average molecular weight is 310 g/mol. The number of rotatable bonds is 0. The van der Waals surface area contributed by atoms with Gasteiger partial charge in [0.05, 0.1) is 0 Å². The van der Waals surface area contributed by atoms with Gasteiger partial charge in [-0.25, -0.2) is 4.57 Å². The molecular weight excluding hydrogens is 286 g/mol. The smallest absolute Gasteiger partial charge is 0.303 e. The minimum Gasteiger partial charge on any atom is -0.303 e. The van der Waals surface area contributed by atoms with Gasteiger partial charge in [-0.2, -0.15) is 35.4 Å². The summed E-state index contributed by atoms with van der Waals surface area (Å²) < 4.78 is 8.88. The first-order chi connectivity index (χ1) is 8.21. The second-order valence-electron chi connectivity index (χ2n) is 6.49. The Balaban J connectivity index is 0. The van der Waals surface area contributed by atoms with Crippen LogP contribution < -0.4 is 29.6 Å². The maximum atomic E-state index is 8.88. The third-order valence-corrected chi connectivity index (χ3v) is 2.41. The van der Waals surface area contributed by atoms with E-state index < -0.39 is 7.82 Å². The molecule has 0 spiro atoms. The van der Waals surface area contributed by atoms with Crippen LogP contribution in [0.1, 0.15) is 52.7 Å². The van der Waals surface area contributed by atoms with E-state index in [1.807, 2.05) is 0 Å². The SMILES string of the molecule is CC(C)(C)c1[c-]c(C(C)(C)C)ccc1.O=P(O)(O)O.[Na+]. The van der Waals surface area contributed by atoms with Crippen molar-refractivity contribution in [1.82, 2.24) is 0 Å². The molecule has 1 aromatic rings. The van der Waals surface area contributed by atoms with E-state index in [0.29, 0.717) is 0 Å². The van der Waals surface area contributed by atoms with Gasteiger partial charge in [-0.3, -0.25) is 0 Å². The van der Waals surface area contributed by atoms with E-state index in [0.717, 1.165) is 0 Å². The van der Waals surface area contributed by atoms with Gasteiger partial charge < -0.3 is 14.7 Å². The Labute approximate surface area is 144 Å². The second-order valence-corrected chi connectivity index (χ2v) is 7.52. The van der Waals surface area contributed by atoms with Crippen LogP contribution in [0.25, 0.3) is 0 Å². The van der Waals surface area contributed by atoms with Crippen molar-refractivity contribution in [1.29, 1.82) is 0 Å². The zero-order valence-electron chi connectivity index (χ0n) is 13.4. The van der Waals surface area contributed by atoms with Gasteiger partial charge in [-0.05, 0) is 10.8 Å². The molecule has 1 aromatic carbocycles. The summed E-state index contributed by atoms with van der Waals surface area (Å²) in [5.74, 6) is 0. The maximum Gasteiger partial charge on any atom is 1.00 e. The minimum atomic E-state index is -4.64. The monoisotopic (exact) mass is 310 g/mol. The molecule has 0 aliphatic heterocycles. The van der Waals surface area contributed by atoms with Crippen LogP contribution in [0.4, 0.5) is 0 Å². The summed E-state index contributed by atoms with van der Waals surface area (Å²) in [6, 6.07) is 9.98. The van der Waals surface area contributed by atoms with Gasteiger partial charge in [-0.15, -0.1) is 0 Å². The Kier molecular flexibility index (Phi) is 9.15. The molecule has 1 rings (SSSR count). The third kappa shape index (κ3) is 11.0. The predicted octanol–water partition coefficient (Wildman–Crippen LogP) is 0.157. The summed E-state index contributed by atoms with van der Waals surface area (Å²) in [4.78, 5) is 21.6. The van der Waals surface area contributed by atoms with Crippen LogP contribution in [0.15, 0.2) is 18.2 Å². The second kappa shape index (κ2) is 8.09. The van der Waals surface area contributed by atoms with Gasteiger partial charge >= 0.3 is 37.4 Å². The van der Waals surface area contributed by atoms with Crippen molar-refractivity contribution in [3.8, 4) is 0 Å². The first-order valence-corrected chi connectivity index (χ1v) is 7.59. The predicted molar refractivity (Wildman–Crippen MR) is 76.9 cm³/mol. The summed E-state index contributed by atoms with van der Waals surface area (Å²) in [7, 11) is -4.64. The van der Waals surface area contributed by atoms with Gasteiger partial charge in [0.2, 0.25) is 0 Å². The number of phosphoric acid groups is 1. The molecule has 0 amide bonds. The van der Waals surface area contributed by atoms with E-state index in [-0.39, 0.29) is 40.4 Å². The summed E-state index contributed by atoms with van der Waals surface area (Å²) >= 11 is 0. The molecule has 3 N–H and O–H groups in total. The molecular formula is C14H24NaO4P. The summed E-state index contributed by atoms with van der Waals surface area (Å²) in [5, 5.41) is 0. The van der Waals surface area contributed by atoms with Crippen molar-refractivity contribution >= 4 is 7.82 Å². The summed E-state index contributed by atoms with van der Waals surface area (Å²) in [6.45, 7) is 13.4. The van der Waals surface area contributed by atoms with Crippen molar-refractivity contribution < 1.29 is 48.8 Å². The Hall–Kier alpha value is 0.330. The van der Waals surface area contributed by atoms with E-state index in [1.54, 1.807) is 0 Å². The van der Waals surface area contributed by atoms with E-state index in [1.165, 1.54) is 11.1 Å². The van der Waals surface area contributed by atoms with E-state index in [4.69, 9.17) is 19.2 Å². The topological polar surface area (TPSA) is 77.8 Å². The van der Waals surface area contributed by atoms with Crippen molar-refractivity contribution in [3.05, 3.63) is 35.4 Å². The molecule has 0 aliphatic carbocycles. The fourth-order valence-electron chi connectivity index (χ4n) is 1.34. The molecule has 0 atom stereocenters. The molecule has 4 nitrogen and oxygen atoms in total. The van der Waals surface area contributed by atoms with Crippen LogP contribution in [0, 0.1) is 6.07 Å². The molecule has 0 aromatic heterocycles. The Bertz CT molecular complexity index is 417. The first-order valence-electron chi connectivity index (χ1n) is 6.03. The standard InChI is InChI=1S/C14H21.Na.H3O4P/c1-13(2,3)11-8-7-9-12(10-11)14(4,5)6;;1-5(2,3)4/h7-9H,1-6H3;;(H3,1,2,3,4)/q-1;+1;. The molecule has 110 valence electrons. The molecule has 0 bridgehead atoms. The quantitative estimate of drug-likeness (QED) is 0.362. The van der Waals surface area contributed by atoms with Crippen LogP contribution in [0.5, 0.6) is 0 Å². The van der Waals surface area contributed by atoms with E-state index >= 15 is 0 Å². The zero-order chi connectivity index (χ0) is 15.5. The van der Waals surface area contributed by atoms with Gasteiger partial charge in [0.25, 0.3) is 0 Å². The molecule has 0 aliphatic rings. The van der Waals surface area contributed by atoms with Crippen molar-refractivity contribution in [2.24, 2.45) is 0 Å². The molecule has 0 unspecified atom stereocenters. The Morgan fingerprint density at radius 1 is 0.900 bits per heavy atom. The van der Waals surface area contributed by atoms with Crippen molar-refractivity contribution in [2.75, 3.05) is 0 Å². The maximum absolute atomic E-state index is 8.88. The molecule has 6 heteroatoms. The molecule has 0 saturated heterocycles. The Morgan fingerprint density at radius 2 is 1.15 bits per heavy atom. The fourth-order valence-corrected chi connectivity index (χ4v) is 1.34. The summed E-state index contributed by atoms with van der Waals surface area (Å²) in [5.41, 5.74) is 2.98. The molecule has 0 heterocycles. The molecule has 0 saturated carbocycles. The van der Waals surface area contributed by atoms with Crippen LogP contribution >= 0.6 is 7.82 Å². The normalized spacial score (nSPS) is 12.1. The van der Waals surface area contributed by atoms with Gasteiger partial charge in [0.15, 0.2) is 0 Å². The van der Waals surface area contributed by atoms with Crippen LogP contribution in [0.2, 0.25) is 0 Å². The molecule has 0 fully saturated rings. The van der Waals surface area contributed by atoms with Crippen molar-refractivity contribution in [2.45, 2.75) is 52.4 Å². The first kappa shape index (κ1) is 22.6.